The third-order valence-electron chi connectivity index (χ3n) is 3.43. The predicted molar refractivity (Wildman–Crippen MR) is 99.1 cm³/mol. The van der Waals surface area contributed by atoms with E-state index < -0.39 is 0 Å². The first kappa shape index (κ1) is 17.4. The quantitative estimate of drug-likeness (QED) is 0.590. The first-order valence-corrected chi connectivity index (χ1v) is 8.69. The molecule has 1 N–H and O–H groups in total. The van der Waals surface area contributed by atoms with E-state index in [9.17, 15) is 4.79 Å². The van der Waals surface area contributed by atoms with E-state index in [0.29, 0.717) is 0 Å². The van der Waals surface area contributed by atoms with E-state index in [0.717, 1.165) is 22.6 Å². The lowest BCUT2D eigenvalue weighted by atomic mass is 9.94. The SMILES string of the molecule is C=CCSc1ccccc1C(=O)NC(C)(C)Cc1ccccc1. The molecular formula is C20H23NOS. The Morgan fingerprint density at radius 3 is 2.48 bits per heavy atom. The molecule has 0 unspecified atom stereocenters. The first-order chi connectivity index (χ1) is 11.0. The summed E-state index contributed by atoms with van der Waals surface area (Å²) in [6, 6.07) is 17.9. The van der Waals surface area contributed by atoms with Gasteiger partial charge in [0.05, 0.1) is 5.56 Å². The Kier molecular flexibility index (Phi) is 6.05. The number of rotatable bonds is 7. The molecule has 1 amide bonds. The fourth-order valence-electron chi connectivity index (χ4n) is 2.45. The van der Waals surface area contributed by atoms with Gasteiger partial charge in [0.25, 0.3) is 5.91 Å². The van der Waals surface area contributed by atoms with Gasteiger partial charge in [-0.1, -0.05) is 48.5 Å². The summed E-state index contributed by atoms with van der Waals surface area (Å²) >= 11 is 1.63. The average Bonchev–Trinajstić information content (AvgIpc) is 2.53. The van der Waals surface area contributed by atoms with Crippen molar-refractivity contribution in [3.05, 3.63) is 78.4 Å². The van der Waals surface area contributed by atoms with Crippen LogP contribution in [0.25, 0.3) is 0 Å². The number of thioether (sulfide) groups is 1. The molecule has 2 aromatic carbocycles. The maximum absolute atomic E-state index is 12.7. The number of hydrogen-bond acceptors (Lipinski definition) is 2. The van der Waals surface area contributed by atoms with Gasteiger partial charge >= 0.3 is 0 Å². The molecule has 0 aromatic heterocycles. The second-order valence-electron chi connectivity index (χ2n) is 6.10. The van der Waals surface area contributed by atoms with Crippen molar-refractivity contribution in [2.24, 2.45) is 0 Å². The fourth-order valence-corrected chi connectivity index (χ4v) is 3.24. The molecule has 23 heavy (non-hydrogen) atoms. The minimum Gasteiger partial charge on any atom is -0.347 e. The summed E-state index contributed by atoms with van der Waals surface area (Å²) in [5.74, 6) is 0.760. The molecule has 2 aromatic rings. The highest BCUT2D eigenvalue weighted by Gasteiger charge is 2.22. The molecule has 2 rings (SSSR count). The van der Waals surface area contributed by atoms with Gasteiger partial charge in [-0.3, -0.25) is 4.79 Å². The molecule has 3 heteroatoms. The zero-order valence-corrected chi connectivity index (χ0v) is 14.5. The van der Waals surface area contributed by atoms with Gasteiger partial charge in [-0.2, -0.15) is 0 Å². The average molecular weight is 325 g/mol. The van der Waals surface area contributed by atoms with Crippen LogP contribution < -0.4 is 5.32 Å². The molecule has 0 saturated heterocycles. The van der Waals surface area contributed by atoms with Crippen molar-refractivity contribution in [1.82, 2.24) is 5.32 Å². The van der Waals surface area contributed by atoms with Gasteiger partial charge in [0, 0.05) is 16.2 Å². The Labute approximate surface area is 143 Å². The van der Waals surface area contributed by atoms with E-state index in [1.54, 1.807) is 11.8 Å². The monoisotopic (exact) mass is 325 g/mol. The van der Waals surface area contributed by atoms with Gasteiger partial charge in [-0.25, -0.2) is 0 Å². The molecule has 0 heterocycles. The summed E-state index contributed by atoms with van der Waals surface area (Å²) in [5, 5.41) is 3.16. The summed E-state index contributed by atoms with van der Waals surface area (Å²) < 4.78 is 0. The summed E-state index contributed by atoms with van der Waals surface area (Å²) in [6.07, 6.45) is 2.64. The molecule has 0 radical (unpaired) electrons. The number of benzene rings is 2. The molecule has 0 aliphatic heterocycles. The van der Waals surface area contributed by atoms with E-state index in [1.807, 2.05) is 48.5 Å². The van der Waals surface area contributed by atoms with Crippen LogP contribution in [0.1, 0.15) is 29.8 Å². The first-order valence-electron chi connectivity index (χ1n) is 7.71. The van der Waals surface area contributed by atoms with E-state index in [2.05, 4.69) is 37.9 Å². The Morgan fingerprint density at radius 1 is 1.13 bits per heavy atom. The van der Waals surface area contributed by atoms with E-state index in [1.165, 1.54) is 5.56 Å². The zero-order chi connectivity index (χ0) is 16.7. The normalized spacial score (nSPS) is 11.0. The molecule has 2 nitrogen and oxygen atoms in total. The van der Waals surface area contributed by atoms with Crippen LogP contribution in [0.4, 0.5) is 0 Å². The minimum absolute atomic E-state index is 0.0295. The lowest BCUT2D eigenvalue weighted by molar-refractivity contribution is 0.0910. The highest BCUT2D eigenvalue weighted by molar-refractivity contribution is 7.99. The summed E-state index contributed by atoms with van der Waals surface area (Å²) in [7, 11) is 0. The minimum atomic E-state index is -0.311. The number of carbonyl (C=O) groups excluding carboxylic acids is 1. The van der Waals surface area contributed by atoms with Gasteiger partial charge in [-0.05, 0) is 38.0 Å². The van der Waals surface area contributed by atoms with Gasteiger partial charge in [-0.15, -0.1) is 18.3 Å². The maximum atomic E-state index is 12.7. The third kappa shape index (κ3) is 5.29. The topological polar surface area (TPSA) is 29.1 Å². The van der Waals surface area contributed by atoms with Crippen molar-refractivity contribution in [2.75, 3.05) is 5.75 Å². The van der Waals surface area contributed by atoms with Crippen LogP contribution in [0.3, 0.4) is 0 Å². The largest absolute Gasteiger partial charge is 0.347 e. The lowest BCUT2D eigenvalue weighted by Gasteiger charge is -2.27. The van der Waals surface area contributed by atoms with Gasteiger partial charge < -0.3 is 5.32 Å². The molecule has 120 valence electrons. The summed E-state index contributed by atoms with van der Waals surface area (Å²) in [5.41, 5.74) is 1.63. The van der Waals surface area contributed by atoms with Gasteiger partial charge in [0.1, 0.15) is 0 Å². The fraction of sp³-hybridized carbons (Fsp3) is 0.250. The summed E-state index contributed by atoms with van der Waals surface area (Å²) in [4.78, 5) is 13.7. The molecule has 0 aliphatic carbocycles. The molecule has 0 bridgehead atoms. The highest BCUT2D eigenvalue weighted by atomic mass is 32.2. The van der Waals surface area contributed by atoms with Crippen LogP contribution >= 0.6 is 11.8 Å². The molecule has 0 fully saturated rings. The van der Waals surface area contributed by atoms with Crippen LogP contribution in [-0.4, -0.2) is 17.2 Å². The second kappa shape index (κ2) is 8.02. The maximum Gasteiger partial charge on any atom is 0.252 e. The van der Waals surface area contributed by atoms with E-state index >= 15 is 0 Å². The molecule has 0 aliphatic rings. The smallest absolute Gasteiger partial charge is 0.252 e. The standard InChI is InChI=1S/C20H23NOS/c1-4-14-23-18-13-9-8-12-17(18)19(22)21-20(2,3)15-16-10-6-5-7-11-16/h4-13H,1,14-15H2,2-3H3,(H,21,22). The highest BCUT2D eigenvalue weighted by Crippen LogP contribution is 2.23. The van der Waals surface area contributed by atoms with Crippen LogP contribution in [0.2, 0.25) is 0 Å². The van der Waals surface area contributed by atoms with Gasteiger partial charge in [0.2, 0.25) is 0 Å². The zero-order valence-electron chi connectivity index (χ0n) is 13.7. The number of nitrogens with one attached hydrogen (secondary N) is 1. The van der Waals surface area contributed by atoms with Crippen LogP contribution in [0.15, 0.2) is 72.1 Å². The van der Waals surface area contributed by atoms with Crippen molar-refractivity contribution in [3.63, 3.8) is 0 Å². The predicted octanol–water partition coefficient (Wildman–Crippen LogP) is 4.72. The number of hydrogen-bond donors (Lipinski definition) is 1. The number of carbonyl (C=O) groups is 1. The summed E-state index contributed by atoms with van der Waals surface area (Å²) in [6.45, 7) is 7.84. The second-order valence-corrected chi connectivity index (χ2v) is 7.16. The van der Waals surface area contributed by atoms with Crippen molar-refractivity contribution in [2.45, 2.75) is 30.7 Å². The Balaban J connectivity index is 2.10. The van der Waals surface area contributed by atoms with E-state index in [-0.39, 0.29) is 11.4 Å². The Morgan fingerprint density at radius 2 is 1.78 bits per heavy atom. The Hall–Kier alpha value is -2.00. The molecule has 0 saturated carbocycles. The molecule has 0 spiro atoms. The van der Waals surface area contributed by atoms with E-state index in [4.69, 9.17) is 0 Å². The van der Waals surface area contributed by atoms with Gasteiger partial charge in [0.15, 0.2) is 0 Å². The van der Waals surface area contributed by atoms with Crippen LogP contribution in [-0.2, 0) is 6.42 Å². The van der Waals surface area contributed by atoms with Crippen molar-refractivity contribution < 1.29 is 4.79 Å². The molecular weight excluding hydrogens is 302 g/mol. The van der Waals surface area contributed by atoms with Crippen molar-refractivity contribution in [3.8, 4) is 0 Å². The van der Waals surface area contributed by atoms with Crippen molar-refractivity contribution >= 4 is 17.7 Å². The number of amides is 1. The molecule has 0 atom stereocenters. The third-order valence-corrected chi connectivity index (χ3v) is 4.50. The van der Waals surface area contributed by atoms with Crippen LogP contribution in [0, 0.1) is 0 Å². The van der Waals surface area contributed by atoms with Crippen molar-refractivity contribution in [1.29, 1.82) is 0 Å². The van der Waals surface area contributed by atoms with Crippen LogP contribution in [0.5, 0.6) is 0 Å². The Bertz CT molecular complexity index is 664. The lowest BCUT2D eigenvalue weighted by Crippen LogP contribution is -2.45.